The summed E-state index contributed by atoms with van der Waals surface area (Å²) in [5.41, 5.74) is 0.629. The van der Waals surface area contributed by atoms with Crippen molar-refractivity contribution >= 4 is 5.78 Å². The van der Waals surface area contributed by atoms with Gasteiger partial charge in [-0.05, 0) is 61.7 Å². The van der Waals surface area contributed by atoms with E-state index in [1.165, 1.54) is 12.0 Å². The van der Waals surface area contributed by atoms with Gasteiger partial charge < -0.3 is 10.2 Å². The van der Waals surface area contributed by atoms with Crippen molar-refractivity contribution < 1.29 is 15.0 Å². The number of fused-ring (bicyclic) bond motifs is 3. The maximum Gasteiger partial charge on any atom is 0.139 e. The molecule has 0 radical (unpaired) electrons. The molecule has 7 atom stereocenters. The molecule has 4 aliphatic carbocycles. The van der Waals surface area contributed by atoms with Gasteiger partial charge in [0, 0.05) is 17.3 Å². The van der Waals surface area contributed by atoms with Crippen LogP contribution in [0.25, 0.3) is 0 Å². The summed E-state index contributed by atoms with van der Waals surface area (Å²) in [7, 11) is 0. The molecule has 4 rings (SSSR count). The van der Waals surface area contributed by atoms with Crippen LogP contribution in [0.1, 0.15) is 58.8 Å². The third kappa shape index (κ3) is 1.76. The lowest BCUT2D eigenvalue weighted by atomic mass is 9.40. The van der Waals surface area contributed by atoms with Crippen LogP contribution in [0, 0.1) is 34.0 Å². The number of allylic oxidation sites excluding steroid dienone is 1. The molecular formula is C20H30O3. The van der Waals surface area contributed by atoms with Crippen molar-refractivity contribution in [2.75, 3.05) is 6.61 Å². The van der Waals surface area contributed by atoms with Crippen molar-refractivity contribution in [1.82, 2.24) is 0 Å². The third-order valence-corrected chi connectivity index (χ3v) is 8.59. The third-order valence-electron chi connectivity index (χ3n) is 8.59. The number of ketones is 1. The molecule has 4 aliphatic rings. The summed E-state index contributed by atoms with van der Waals surface area (Å²) in [4.78, 5) is 13.3. The Balaban J connectivity index is 1.80. The number of aliphatic hydroxyl groups excluding tert-OH is 2. The zero-order valence-electron chi connectivity index (χ0n) is 14.5. The van der Waals surface area contributed by atoms with Crippen molar-refractivity contribution in [2.45, 2.75) is 64.9 Å². The number of rotatable bonds is 1. The van der Waals surface area contributed by atoms with Gasteiger partial charge in [0.15, 0.2) is 0 Å². The van der Waals surface area contributed by atoms with Crippen molar-refractivity contribution in [3.05, 3.63) is 12.2 Å². The molecule has 23 heavy (non-hydrogen) atoms. The second-order valence-corrected chi connectivity index (χ2v) is 9.43. The van der Waals surface area contributed by atoms with E-state index >= 15 is 0 Å². The summed E-state index contributed by atoms with van der Waals surface area (Å²) in [5, 5.41) is 20.6. The molecule has 0 aromatic heterocycles. The van der Waals surface area contributed by atoms with Crippen LogP contribution in [0.4, 0.5) is 0 Å². The van der Waals surface area contributed by atoms with E-state index in [0.717, 1.165) is 32.1 Å². The molecule has 0 saturated heterocycles. The maximum atomic E-state index is 13.3. The van der Waals surface area contributed by atoms with Gasteiger partial charge in [0.05, 0.1) is 12.7 Å². The maximum absolute atomic E-state index is 13.3. The molecule has 3 heteroatoms. The molecule has 2 N–H and O–H groups in total. The number of aliphatic hydroxyl groups is 2. The molecule has 4 saturated carbocycles. The second kappa shape index (κ2) is 4.70. The fourth-order valence-electron chi connectivity index (χ4n) is 7.21. The van der Waals surface area contributed by atoms with Crippen molar-refractivity contribution in [3.8, 4) is 0 Å². The summed E-state index contributed by atoms with van der Waals surface area (Å²) < 4.78 is 0. The van der Waals surface area contributed by atoms with E-state index in [4.69, 9.17) is 0 Å². The van der Waals surface area contributed by atoms with Gasteiger partial charge in [-0.2, -0.15) is 0 Å². The topological polar surface area (TPSA) is 57.5 Å². The number of Topliss-reactive ketones (excluding diaryl/α,β-unsaturated/α-hetero) is 1. The van der Waals surface area contributed by atoms with Gasteiger partial charge in [-0.3, -0.25) is 4.79 Å². The number of carbonyl (C=O) groups excluding carboxylic acids is 1. The van der Waals surface area contributed by atoms with Crippen molar-refractivity contribution in [3.63, 3.8) is 0 Å². The lowest BCUT2D eigenvalue weighted by Crippen LogP contribution is -2.63. The van der Waals surface area contributed by atoms with Gasteiger partial charge >= 0.3 is 0 Å². The van der Waals surface area contributed by atoms with Gasteiger partial charge in [0.1, 0.15) is 5.78 Å². The number of hydrogen-bond donors (Lipinski definition) is 2. The standard InChI is InChI=1S/C20H30O3/c1-12-9-20-10-13(12)4-5-14(20)18(2)7-6-16(22)19(3,11-21)15(18)8-17(20)23/h13-16,21-22H,1,4-11H2,2-3H3/t13-,14+,15+,16-,18+,19-,20+/m1/s1. The van der Waals surface area contributed by atoms with Gasteiger partial charge in [-0.1, -0.05) is 26.0 Å². The Hall–Kier alpha value is -0.670. The summed E-state index contributed by atoms with van der Waals surface area (Å²) in [6, 6.07) is 0. The molecule has 4 fully saturated rings. The largest absolute Gasteiger partial charge is 0.396 e. The van der Waals surface area contributed by atoms with Crippen LogP contribution in [0.3, 0.4) is 0 Å². The highest BCUT2D eigenvalue weighted by molar-refractivity contribution is 5.88. The lowest BCUT2D eigenvalue weighted by molar-refractivity contribution is -0.197. The fourth-order valence-corrected chi connectivity index (χ4v) is 7.21. The molecule has 128 valence electrons. The van der Waals surface area contributed by atoms with Gasteiger partial charge in [0.2, 0.25) is 0 Å². The Morgan fingerprint density at radius 2 is 1.96 bits per heavy atom. The fraction of sp³-hybridized carbons (Fsp3) is 0.850. The first-order valence-corrected chi connectivity index (χ1v) is 9.28. The van der Waals surface area contributed by atoms with Crippen molar-refractivity contribution in [2.24, 2.45) is 34.0 Å². The molecule has 0 aromatic rings. The minimum atomic E-state index is -0.545. The molecule has 0 unspecified atom stereocenters. The van der Waals surface area contributed by atoms with E-state index in [0.29, 0.717) is 24.0 Å². The molecule has 0 aliphatic heterocycles. The van der Waals surface area contributed by atoms with Gasteiger partial charge in [0.25, 0.3) is 0 Å². The molecule has 0 amide bonds. The predicted octanol–water partition coefficient (Wildman–Crippen LogP) is 3.10. The highest BCUT2D eigenvalue weighted by Gasteiger charge is 2.68. The zero-order valence-corrected chi connectivity index (χ0v) is 14.5. The molecule has 0 aromatic carbocycles. The van der Waals surface area contributed by atoms with E-state index in [9.17, 15) is 15.0 Å². The summed E-state index contributed by atoms with van der Waals surface area (Å²) in [6.45, 7) is 8.57. The molecule has 0 heterocycles. The Labute approximate surface area is 139 Å². The average Bonchev–Trinajstić information content (AvgIpc) is 2.78. The van der Waals surface area contributed by atoms with E-state index < -0.39 is 11.5 Å². The van der Waals surface area contributed by atoms with Crippen LogP contribution in [0.2, 0.25) is 0 Å². The van der Waals surface area contributed by atoms with E-state index in [2.05, 4.69) is 13.5 Å². The quantitative estimate of drug-likeness (QED) is 0.731. The van der Waals surface area contributed by atoms with E-state index in [1.54, 1.807) is 0 Å². The SMILES string of the molecule is C=C1C[C@]23C[C@H]1CC[C@H]2[C@]1(C)CC[C@@H](O)[C@](C)(CO)[C@H]1CC3=O. The van der Waals surface area contributed by atoms with Gasteiger partial charge in [-0.15, -0.1) is 0 Å². The smallest absolute Gasteiger partial charge is 0.139 e. The normalized spacial score (nSPS) is 55.5. The summed E-state index contributed by atoms with van der Waals surface area (Å²) in [5.74, 6) is 1.43. The summed E-state index contributed by atoms with van der Waals surface area (Å²) in [6.07, 6.45) is 5.93. The Morgan fingerprint density at radius 1 is 1.22 bits per heavy atom. The summed E-state index contributed by atoms with van der Waals surface area (Å²) >= 11 is 0. The first kappa shape index (κ1) is 15.8. The molecule has 3 nitrogen and oxygen atoms in total. The Morgan fingerprint density at radius 3 is 2.65 bits per heavy atom. The highest BCUT2D eigenvalue weighted by atomic mass is 16.3. The minimum Gasteiger partial charge on any atom is -0.396 e. The Bertz CT molecular complexity index is 569. The van der Waals surface area contributed by atoms with E-state index in [1.807, 2.05) is 6.92 Å². The molecule has 1 spiro atoms. The molecule has 2 bridgehead atoms. The number of carbonyl (C=O) groups is 1. The lowest BCUT2D eigenvalue weighted by Gasteiger charge is -2.64. The monoisotopic (exact) mass is 318 g/mol. The second-order valence-electron chi connectivity index (χ2n) is 9.43. The minimum absolute atomic E-state index is 0.0310. The average molecular weight is 318 g/mol. The zero-order chi connectivity index (χ0) is 16.6. The Kier molecular flexibility index (Phi) is 3.23. The highest BCUT2D eigenvalue weighted by Crippen LogP contribution is 2.70. The first-order valence-electron chi connectivity index (χ1n) is 9.28. The predicted molar refractivity (Wildman–Crippen MR) is 88.7 cm³/mol. The molecular weight excluding hydrogens is 288 g/mol. The van der Waals surface area contributed by atoms with Crippen LogP contribution in [-0.2, 0) is 4.79 Å². The van der Waals surface area contributed by atoms with Crippen LogP contribution < -0.4 is 0 Å². The van der Waals surface area contributed by atoms with Crippen LogP contribution in [0.5, 0.6) is 0 Å². The van der Waals surface area contributed by atoms with Gasteiger partial charge in [-0.25, -0.2) is 0 Å². The number of hydrogen-bond acceptors (Lipinski definition) is 3. The van der Waals surface area contributed by atoms with Crippen LogP contribution >= 0.6 is 0 Å². The first-order chi connectivity index (χ1) is 10.8. The van der Waals surface area contributed by atoms with Crippen LogP contribution in [-0.4, -0.2) is 28.7 Å². The van der Waals surface area contributed by atoms with Crippen LogP contribution in [0.15, 0.2) is 12.2 Å². The van der Waals surface area contributed by atoms with E-state index in [-0.39, 0.29) is 23.4 Å². The van der Waals surface area contributed by atoms with Crippen molar-refractivity contribution in [1.29, 1.82) is 0 Å².